The average molecular weight is 342 g/mol. The van der Waals surface area contributed by atoms with Crippen LogP contribution in [0.1, 0.15) is 39.5 Å². The third-order valence-electron chi connectivity index (χ3n) is 4.44. The molecule has 2 aromatic rings. The number of β-amino-alcohol motifs (C(OH)–C–C–N with tert-alkyl or cyclic N) is 1. The lowest BCUT2D eigenvalue weighted by molar-refractivity contribution is 0.0713. The van der Waals surface area contributed by atoms with E-state index < -0.39 is 23.8 Å². The van der Waals surface area contributed by atoms with E-state index in [1.807, 2.05) is 6.07 Å². The van der Waals surface area contributed by atoms with E-state index >= 15 is 0 Å². The van der Waals surface area contributed by atoms with Gasteiger partial charge in [0.15, 0.2) is 0 Å². The number of carbonyl (C=O) groups excluding carboxylic acids is 1. The molecular weight excluding hydrogens is 326 g/mol. The lowest BCUT2D eigenvalue weighted by Crippen LogP contribution is -2.32. The summed E-state index contributed by atoms with van der Waals surface area (Å²) in [6.07, 6.45) is -0.670. The predicted molar refractivity (Wildman–Crippen MR) is 86.7 cm³/mol. The maximum absolute atomic E-state index is 14.1. The molecule has 3 rings (SSSR count). The lowest BCUT2D eigenvalue weighted by Gasteiger charge is -2.26. The van der Waals surface area contributed by atoms with Gasteiger partial charge in [-0.2, -0.15) is 5.26 Å². The Balaban J connectivity index is 1.98. The van der Waals surface area contributed by atoms with E-state index in [-0.39, 0.29) is 24.4 Å². The summed E-state index contributed by atoms with van der Waals surface area (Å²) in [6.45, 7) is 1.75. The number of aliphatic hydroxyl groups is 1. The summed E-state index contributed by atoms with van der Waals surface area (Å²) in [7, 11) is 0. The van der Waals surface area contributed by atoms with Gasteiger partial charge in [-0.3, -0.25) is 4.79 Å². The highest BCUT2D eigenvalue weighted by atomic mass is 19.1. The molecule has 25 heavy (non-hydrogen) atoms. The summed E-state index contributed by atoms with van der Waals surface area (Å²) >= 11 is 0. The van der Waals surface area contributed by atoms with Crippen LogP contribution in [-0.4, -0.2) is 28.6 Å². The first kappa shape index (κ1) is 17.1. The molecule has 0 saturated carbocycles. The average Bonchev–Trinajstić information content (AvgIpc) is 2.98. The van der Waals surface area contributed by atoms with Crippen LogP contribution in [-0.2, 0) is 0 Å². The minimum absolute atomic E-state index is 0.0406. The zero-order chi connectivity index (χ0) is 18.1. The zero-order valence-corrected chi connectivity index (χ0v) is 13.5. The fourth-order valence-electron chi connectivity index (χ4n) is 3.23. The van der Waals surface area contributed by atoms with Crippen molar-refractivity contribution in [2.24, 2.45) is 0 Å². The maximum atomic E-state index is 14.1. The summed E-state index contributed by atoms with van der Waals surface area (Å²) in [5, 5.41) is 18.9. The van der Waals surface area contributed by atoms with Crippen LogP contribution in [0.2, 0.25) is 0 Å². The molecule has 0 radical (unpaired) electrons. The molecule has 1 N–H and O–H groups in total. The molecule has 1 amide bonds. The summed E-state index contributed by atoms with van der Waals surface area (Å²) in [6, 6.07) is 9.02. The Labute approximate surface area is 143 Å². The second kappa shape index (κ2) is 6.61. The van der Waals surface area contributed by atoms with Crippen molar-refractivity contribution < 1.29 is 18.7 Å². The van der Waals surface area contributed by atoms with Gasteiger partial charge in [0, 0.05) is 17.7 Å². The van der Waals surface area contributed by atoms with Crippen molar-refractivity contribution in [2.75, 3.05) is 6.54 Å². The van der Waals surface area contributed by atoms with Gasteiger partial charge in [0.05, 0.1) is 23.8 Å². The van der Waals surface area contributed by atoms with Gasteiger partial charge in [-0.1, -0.05) is 0 Å². The van der Waals surface area contributed by atoms with Crippen molar-refractivity contribution in [2.45, 2.75) is 25.5 Å². The SMILES string of the molecule is Cc1cc(C#N)ccc1C(=O)N1CC(O)CC1c1cc(F)ccc1F. The second-order valence-electron chi connectivity index (χ2n) is 6.17. The van der Waals surface area contributed by atoms with Gasteiger partial charge < -0.3 is 10.0 Å². The van der Waals surface area contributed by atoms with E-state index in [1.165, 1.54) is 11.0 Å². The normalized spacial score (nSPS) is 19.7. The number of amides is 1. The first-order valence-corrected chi connectivity index (χ1v) is 7.85. The molecule has 0 spiro atoms. The summed E-state index contributed by atoms with van der Waals surface area (Å²) in [5.74, 6) is -1.60. The molecule has 2 atom stereocenters. The van der Waals surface area contributed by atoms with Gasteiger partial charge in [-0.05, 0) is 55.3 Å². The highest BCUT2D eigenvalue weighted by molar-refractivity contribution is 5.96. The van der Waals surface area contributed by atoms with Crippen LogP contribution >= 0.6 is 0 Å². The molecule has 4 nitrogen and oxygen atoms in total. The van der Waals surface area contributed by atoms with E-state index in [4.69, 9.17) is 5.26 Å². The number of rotatable bonds is 2. The van der Waals surface area contributed by atoms with Gasteiger partial charge in [-0.25, -0.2) is 8.78 Å². The van der Waals surface area contributed by atoms with E-state index in [0.29, 0.717) is 16.7 Å². The minimum Gasteiger partial charge on any atom is -0.391 e. The van der Waals surface area contributed by atoms with E-state index in [1.54, 1.807) is 19.1 Å². The number of aryl methyl sites for hydroxylation is 1. The third-order valence-corrected chi connectivity index (χ3v) is 4.44. The van der Waals surface area contributed by atoms with Gasteiger partial charge >= 0.3 is 0 Å². The largest absolute Gasteiger partial charge is 0.391 e. The van der Waals surface area contributed by atoms with Crippen molar-refractivity contribution in [3.05, 3.63) is 70.3 Å². The maximum Gasteiger partial charge on any atom is 0.254 e. The quantitative estimate of drug-likeness (QED) is 0.912. The standard InChI is InChI=1S/C19H16F2N2O2/c1-11-6-12(9-22)2-4-15(11)19(25)23-10-14(24)8-18(23)16-7-13(20)3-5-17(16)21/h2-7,14,18,24H,8,10H2,1H3. The van der Waals surface area contributed by atoms with Crippen LogP contribution in [0, 0.1) is 29.9 Å². The minimum atomic E-state index is -0.810. The first-order chi connectivity index (χ1) is 11.9. The highest BCUT2D eigenvalue weighted by Gasteiger charge is 2.37. The van der Waals surface area contributed by atoms with E-state index in [2.05, 4.69) is 0 Å². The summed E-state index contributed by atoms with van der Waals surface area (Å²) in [4.78, 5) is 14.3. The first-order valence-electron chi connectivity index (χ1n) is 7.85. The van der Waals surface area contributed by atoms with Crippen LogP contribution in [0.5, 0.6) is 0 Å². The molecule has 1 aliphatic heterocycles. The Bertz CT molecular complexity index is 876. The fourth-order valence-corrected chi connectivity index (χ4v) is 3.23. The van der Waals surface area contributed by atoms with Crippen LogP contribution < -0.4 is 0 Å². The van der Waals surface area contributed by atoms with Gasteiger partial charge in [0.1, 0.15) is 11.6 Å². The van der Waals surface area contributed by atoms with Crippen LogP contribution in [0.25, 0.3) is 0 Å². The molecule has 128 valence electrons. The van der Waals surface area contributed by atoms with Crippen molar-refractivity contribution in [3.8, 4) is 6.07 Å². The number of benzene rings is 2. The molecular formula is C19H16F2N2O2. The molecule has 1 heterocycles. The zero-order valence-electron chi connectivity index (χ0n) is 13.5. The van der Waals surface area contributed by atoms with E-state index in [9.17, 15) is 18.7 Å². The van der Waals surface area contributed by atoms with Crippen molar-refractivity contribution in [1.29, 1.82) is 5.26 Å². The molecule has 2 unspecified atom stereocenters. The topological polar surface area (TPSA) is 64.3 Å². The number of likely N-dealkylation sites (tertiary alicyclic amines) is 1. The Morgan fingerprint density at radius 1 is 1.28 bits per heavy atom. The molecule has 1 saturated heterocycles. The molecule has 1 aliphatic rings. The van der Waals surface area contributed by atoms with Crippen LogP contribution in [0.4, 0.5) is 8.78 Å². The molecule has 6 heteroatoms. The number of nitriles is 1. The monoisotopic (exact) mass is 342 g/mol. The van der Waals surface area contributed by atoms with Gasteiger partial charge in [-0.15, -0.1) is 0 Å². The second-order valence-corrected chi connectivity index (χ2v) is 6.17. The van der Waals surface area contributed by atoms with E-state index in [0.717, 1.165) is 18.2 Å². The van der Waals surface area contributed by atoms with Crippen molar-refractivity contribution in [3.63, 3.8) is 0 Å². The Morgan fingerprint density at radius 2 is 2.04 bits per heavy atom. The van der Waals surface area contributed by atoms with Crippen LogP contribution in [0.15, 0.2) is 36.4 Å². The number of carbonyl (C=O) groups is 1. The molecule has 0 aromatic heterocycles. The number of nitrogens with zero attached hydrogens (tertiary/aromatic N) is 2. The third kappa shape index (κ3) is 3.24. The number of aliphatic hydroxyl groups excluding tert-OH is 1. The fraction of sp³-hybridized carbons (Fsp3) is 0.263. The van der Waals surface area contributed by atoms with Crippen molar-refractivity contribution >= 4 is 5.91 Å². The molecule has 0 aliphatic carbocycles. The molecule has 1 fully saturated rings. The Kier molecular flexibility index (Phi) is 4.51. The summed E-state index contributed by atoms with van der Waals surface area (Å²) in [5.41, 5.74) is 1.47. The lowest BCUT2D eigenvalue weighted by atomic mass is 10.0. The highest BCUT2D eigenvalue weighted by Crippen LogP contribution is 2.35. The smallest absolute Gasteiger partial charge is 0.254 e. The van der Waals surface area contributed by atoms with Gasteiger partial charge in [0.25, 0.3) is 5.91 Å². The Hall–Kier alpha value is -2.78. The number of hydrogen-bond donors (Lipinski definition) is 1. The van der Waals surface area contributed by atoms with Gasteiger partial charge in [0.2, 0.25) is 0 Å². The molecule has 0 bridgehead atoms. The summed E-state index contributed by atoms with van der Waals surface area (Å²) < 4.78 is 27.7. The number of halogens is 2. The number of hydrogen-bond acceptors (Lipinski definition) is 3. The Morgan fingerprint density at radius 3 is 2.72 bits per heavy atom. The molecule has 2 aromatic carbocycles. The van der Waals surface area contributed by atoms with Crippen LogP contribution in [0.3, 0.4) is 0 Å². The predicted octanol–water partition coefficient (Wildman–Crippen LogP) is 3.09. The van der Waals surface area contributed by atoms with Crippen molar-refractivity contribution in [1.82, 2.24) is 4.90 Å².